The number of benzene rings is 2. The Morgan fingerprint density at radius 2 is 1.81 bits per heavy atom. The zero-order valence-electron chi connectivity index (χ0n) is 14.0. The Morgan fingerprint density at radius 1 is 1.00 bits per heavy atom. The number of nitrogens with zero attached hydrogens (tertiary/aromatic N) is 3. The average Bonchev–Trinajstić information content (AvgIpc) is 3.13. The van der Waals surface area contributed by atoms with Gasteiger partial charge in [-0.1, -0.05) is 60.3 Å². The number of thioether (sulfide) groups is 1. The van der Waals surface area contributed by atoms with Gasteiger partial charge in [0.1, 0.15) is 4.90 Å². The van der Waals surface area contributed by atoms with Crippen LogP contribution in [0.3, 0.4) is 0 Å². The number of H-pyrrole nitrogens is 1. The number of hydrogen-bond acceptors (Lipinski definition) is 6. The van der Waals surface area contributed by atoms with E-state index in [2.05, 4.69) is 24.9 Å². The number of pyridine rings is 1. The van der Waals surface area contributed by atoms with Gasteiger partial charge in [0.05, 0.1) is 5.52 Å². The number of nitrogens with one attached hydrogen (secondary N) is 2. The summed E-state index contributed by atoms with van der Waals surface area (Å²) in [7, 11) is -3.85. The lowest BCUT2D eigenvalue weighted by Crippen LogP contribution is -2.14. The number of hydrogen-bond donors (Lipinski definition) is 2. The van der Waals surface area contributed by atoms with Gasteiger partial charge in [0.2, 0.25) is 11.1 Å². The molecule has 2 aromatic carbocycles. The summed E-state index contributed by atoms with van der Waals surface area (Å²) in [6, 6.07) is 18.5. The van der Waals surface area contributed by atoms with Crippen LogP contribution in [0.15, 0.2) is 76.9 Å². The summed E-state index contributed by atoms with van der Waals surface area (Å²) < 4.78 is 28.0. The average molecular weight is 397 g/mol. The SMILES string of the molecule is O=S(=O)(Nc1nc(SCc2ccccc2)n[nH]1)c1cccc2cccnc12. The molecule has 0 radical (unpaired) electrons. The molecule has 27 heavy (non-hydrogen) atoms. The molecule has 0 spiro atoms. The zero-order chi connectivity index (χ0) is 18.7. The molecule has 0 atom stereocenters. The van der Waals surface area contributed by atoms with E-state index < -0.39 is 10.0 Å². The fourth-order valence-electron chi connectivity index (χ4n) is 2.55. The van der Waals surface area contributed by atoms with Crippen molar-refractivity contribution in [3.8, 4) is 0 Å². The Balaban J connectivity index is 1.52. The molecular weight excluding hydrogens is 382 g/mol. The second-order valence-electron chi connectivity index (χ2n) is 5.68. The smallest absolute Gasteiger partial charge is 0.255 e. The highest BCUT2D eigenvalue weighted by atomic mass is 32.2. The summed E-state index contributed by atoms with van der Waals surface area (Å²) in [5, 5.41) is 7.89. The highest BCUT2D eigenvalue weighted by Crippen LogP contribution is 2.24. The first kappa shape index (κ1) is 17.5. The molecule has 0 aliphatic rings. The van der Waals surface area contributed by atoms with Crippen LogP contribution >= 0.6 is 11.8 Å². The third-order valence-corrected chi connectivity index (χ3v) is 6.08. The molecule has 9 heteroatoms. The number of sulfonamides is 1. The van der Waals surface area contributed by atoms with Gasteiger partial charge in [-0.3, -0.25) is 4.98 Å². The molecule has 0 aliphatic heterocycles. The molecule has 7 nitrogen and oxygen atoms in total. The maximum Gasteiger partial charge on any atom is 0.266 e. The normalized spacial score (nSPS) is 11.6. The fraction of sp³-hybridized carbons (Fsp3) is 0.0556. The van der Waals surface area contributed by atoms with E-state index in [1.165, 1.54) is 17.8 Å². The van der Waals surface area contributed by atoms with Gasteiger partial charge in [-0.2, -0.15) is 4.98 Å². The van der Waals surface area contributed by atoms with Crippen molar-refractivity contribution in [2.75, 3.05) is 4.72 Å². The van der Waals surface area contributed by atoms with Crippen molar-refractivity contribution in [3.63, 3.8) is 0 Å². The lowest BCUT2D eigenvalue weighted by Gasteiger charge is -2.07. The van der Waals surface area contributed by atoms with Gasteiger partial charge in [-0.05, 0) is 17.7 Å². The van der Waals surface area contributed by atoms with Crippen LogP contribution in [0.4, 0.5) is 5.95 Å². The van der Waals surface area contributed by atoms with Crippen LogP contribution in [0.2, 0.25) is 0 Å². The van der Waals surface area contributed by atoms with Gasteiger partial charge in [0.25, 0.3) is 10.0 Å². The minimum Gasteiger partial charge on any atom is -0.255 e. The van der Waals surface area contributed by atoms with Crippen molar-refractivity contribution in [3.05, 3.63) is 72.4 Å². The number of aromatic amines is 1. The topological polar surface area (TPSA) is 101 Å². The van der Waals surface area contributed by atoms with Crippen LogP contribution in [-0.2, 0) is 15.8 Å². The quantitative estimate of drug-likeness (QED) is 0.483. The van der Waals surface area contributed by atoms with Crippen LogP contribution in [0.5, 0.6) is 0 Å². The predicted molar refractivity (Wildman–Crippen MR) is 105 cm³/mol. The van der Waals surface area contributed by atoms with E-state index >= 15 is 0 Å². The maximum absolute atomic E-state index is 12.8. The molecule has 2 heterocycles. The minimum atomic E-state index is -3.85. The van der Waals surface area contributed by atoms with Gasteiger partial charge in [-0.25, -0.2) is 18.2 Å². The molecule has 4 aromatic rings. The van der Waals surface area contributed by atoms with Gasteiger partial charge >= 0.3 is 0 Å². The van der Waals surface area contributed by atoms with Crippen molar-refractivity contribution in [2.24, 2.45) is 0 Å². The highest BCUT2D eigenvalue weighted by molar-refractivity contribution is 7.98. The molecule has 0 saturated carbocycles. The summed E-state index contributed by atoms with van der Waals surface area (Å²) in [6.45, 7) is 0. The van der Waals surface area contributed by atoms with Crippen molar-refractivity contribution < 1.29 is 8.42 Å². The van der Waals surface area contributed by atoms with Gasteiger partial charge in [0, 0.05) is 17.3 Å². The lowest BCUT2D eigenvalue weighted by atomic mass is 10.2. The van der Waals surface area contributed by atoms with E-state index in [1.54, 1.807) is 18.3 Å². The summed E-state index contributed by atoms with van der Waals surface area (Å²) in [4.78, 5) is 8.48. The van der Waals surface area contributed by atoms with E-state index in [1.807, 2.05) is 42.5 Å². The Bertz CT molecular complexity index is 1170. The van der Waals surface area contributed by atoms with E-state index in [0.29, 0.717) is 16.4 Å². The number of rotatable bonds is 6. The highest BCUT2D eigenvalue weighted by Gasteiger charge is 2.20. The molecule has 0 amide bonds. The standard InChI is InChI=1S/C18H15N5O2S2/c24-27(25,15-10-4-8-14-9-5-11-19-16(14)15)23-17-20-18(22-21-17)26-12-13-6-2-1-3-7-13/h1-11H,12H2,(H2,20,21,22,23). The van der Waals surface area contributed by atoms with E-state index in [0.717, 1.165) is 10.9 Å². The van der Waals surface area contributed by atoms with Gasteiger partial charge < -0.3 is 0 Å². The summed E-state index contributed by atoms with van der Waals surface area (Å²) in [5.74, 6) is 0.761. The second kappa shape index (κ2) is 7.37. The minimum absolute atomic E-state index is 0.0681. The molecular formula is C18H15N5O2S2. The van der Waals surface area contributed by atoms with Crippen LogP contribution < -0.4 is 4.72 Å². The van der Waals surface area contributed by atoms with E-state index in [4.69, 9.17) is 0 Å². The van der Waals surface area contributed by atoms with Crippen molar-refractivity contribution >= 4 is 38.6 Å². The summed E-state index contributed by atoms with van der Waals surface area (Å²) in [6.07, 6.45) is 1.56. The molecule has 2 N–H and O–H groups in total. The predicted octanol–water partition coefficient (Wildman–Crippen LogP) is 3.45. The molecule has 0 fully saturated rings. The number of fused-ring (bicyclic) bond motifs is 1. The first-order chi connectivity index (χ1) is 13.1. The lowest BCUT2D eigenvalue weighted by molar-refractivity contribution is 0.601. The Morgan fingerprint density at radius 3 is 2.67 bits per heavy atom. The molecule has 0 unspecified atom stereocenters. The number of para-hydroxylation sites is 1. The maximum atomic E-state index is 12.8. The van der Waals surface area contributed by atoms with Crippen LogP contribution in [0.25, 0.3) is 10.9 Å². The monoisotopic (exact) mass is 397 g/mol. The molecule has 0 saturated heterocycles. The van der Waals surface area contributed by atoms with Crippen molar-refractivity contribution in [2.45, 2.75) is 15.8 Å². The van der Waals surface area contributed by atoms with Gasteiger partial charge in [-0.15, -0.1) is 5.10 Å². The summed E-state index contributed by atoms with van der Waals surface area (Å²) >= 11 is 1.42. The second-order valence-corrected chi connectivity index (χ2v) is 8.27. The van der Waals surface area contributed by atoms with Crippen molar-refractivity contribution in [1.29, 1.82) is 0 Å². The van der Waals surface area contributed by atoms with Crippen molar-refractivity contribution in [1.82, 2.24) is 20.2 Å². The van der Waals surface area contributed by atoms with Gasteiger partial charge in [0.15, 0.2) is 0 Å². The van der Waals surface area contributed by atoms with E-state index in [9.17, 15) is 8.42 Å². The summed E-state index contributed by atoms with van der Waals surface area (Å²) in [5.41, 5.74) is 1.54. The molecule has 2 aromatic heterocycles. The molecule has 4 rings (SSSR count). The first-order valence-electron chi connectivity index (χ1n) is 8.07. The third-order valence-electron chi connectivity index (χ3n) is 3.79. The Labute approximate surface area is 160 Å². The van der Waals surface area contributed by atoms with Crippen LogP contribution in [0, 0.1) is 0 Å². The first-order valence-corrected chi connectivity index (χ1v) is 10.5. The molecule has 0 aliphatic carbocycles. The third kappa shape index (κ3) is 3.93. The Kier molecular flexibility index (Phi) is 4.78. The molecule has 0 bridgehead atoms. The van der Waals surface area contributed by atoms with Crippen LogP contribution in [0.1, 0.15) is 5.56 Å². The zero-order valence-corrected chi connectivity index (χ0v) is 15.7. The number of anilines is 1. The largest absolute Gasteiger partial charge is 0.266 e. The van der Waals surface area contributed by atoms with E-state index in [-0.39, 0.29) is 10.8 Å². The Hall–Kier alpha value is -2.91. The fourth-order valence-corrected chi connectivity index (χ4v) is 4.45. The molecule has 136 valence electrons. The van der Waals surface area contributed by atoms with Crippen LogP contribution in [-0.4, -0.2) is 28.6 Å². The number of aromatic nitrogens is 4.